The van der Waals surface area contributed by atoms with E-state index in [4.69, 9.17) is 9.26 Å². The number of sulfonamides is 1. The Hall–Kier alpha value is -3.31. The number of hydrogen-bond acceptors (Lipinski definition) is 7. The predicted octanol–water partition coefficient (Wildman–Crippen LogP) is 2.49. The molecule has 162 valence electrons. The number of ether oxygens (including phenoxy) is 1. The highest BCUT2D eigenvalue weighted by Gasteiger charge is 2.26. The number of halogens is 1. The zero-order chi connectivity index (χ0) is 22.0. The van der Waals surface area contributed by atoms with Gasteiger partial charge in [0.25, 0.3) is 5.91 Å². The summed E-state index contributed by atoms with van der Waals surface area (Å²) in [5.74, 6) is 0.225. The predicted molar refractivity (Wildman–Crippen MR) is 108 cm³/mol. The smallest absolute Gasteiger partial charge is 0.265 e. The van der Waals surface area contributed by atoms with Gasteiger partial charge in [0.05, 0.1) is 17.1 Å². The maximum Gasteiger partial charge on any atom is 0.265 e. The largest absolute Gasteiger partial charge is 0.482 e. The number of rotatable bonds is 7. The van der Waals surface area contributed by atoms with Crippen LogP contribution in [0.2, 0.25) is 0 Å². The Kier molecular flexibility index (Phi) is 5.70. The number of nitrogens with zero attached hydrogens (tertiary/aromatic N) is 3. The minimum absolute atomic E-state index is 0.00704. The van der Waals surface area contributed by atoms with Crippen molar-refractivity contribution in [1.82, 2.24) is 14.9 Å². The maximum absolute atomic E-state index is 13.0. The lowest BCUT2D eigenvalue weighted by Gasteiger charge is -2.29. The van der Waals surface area contributed by atoms with Crippen LogP contribution in [-0.2, 0) is 21.4 Å². The summed E-state index contributed by atoms with van der Waals surface area (Å²) in [6.45, 7) is 2.29. The summed E-state index contributed by atoms with van der Waals surface area (Å²) in [5.41, 5.74) is 1.22. The number of amides is 1. The molecule has 3 aromatic rings. The van der Waals surface area contributed by atoms with Crippen LogP contribution < -0.4 is 14.4 Å². The SMILES string of the molecule is CCCN1C(=O)COc2ccc(-c3noc(CNS(=O)(=O)c4ccc(F)cc4)n3)cc21. The second kappa shape index (κ2) is 8.44. The first-order valence-corrected chi connectivity index (χ1v) is 11.0. The summed E-state index contributed by atoms with van der Waals surface area (Å²) in [5, 5.41) is 3.90. The van der Waals surface area contributed by atoms with E-state index >= 15 is 0 Å². The van der Waals surface area contributed by atoms with E-state index < -0.39 is 15.8 Å². The Labute approximate surface area is 177 Å². The number of aromatic nitrogens is 2. The highest BCUT2D eigenvalue weighted by atomic mass is 32.2. The molecular weight excluding hydrogens is 427 g/mol. The molecule has 0 fully saturated rings. The number of carbonyl (C=O) groups is 1. The van der Waals surface area contributed by atoms with Crippen molar-refractivity contribution >= 4 is 21.6 Å². The fourth-order valence-corrected chi connectivity index (χ4v) is 4.08. The molecule has 2 heterocycles. The van der Waals surface area contributed by atoms with Crippen molar-refractivity contribution < 1.29 is 26.9 Å². The van der Waals surface area contributed by atoms with Gasteiger partial charge in [-0.1, -0.05) is 12.1 Å². The summed E-state index contributed by atoms with van der Waals surface area (Å²) in [4.78, 5) is 18.0. The molecule has 0 atom stereocenters. The van der Waals surface area contributed by atoms with E-state index in [0.29, 0.717) is 23.5 Å². The van der Waals surface area contributed by atoms with Crippen LogP contribution in [0, 0.1) is 5.82 Å². The van der Waals surface area contributed by atoms with Gasteiger partial charge in [0.15, 0.2) is 6.61 Å². The van der Waals surface area contributed by atoms with E-state index in [2.05, 4.69) is 14.9 Å². The van der Waals surface area contributed by atoms with Gasteiger partial charge in [0.1, 0.15) is 11.6 Å². The zero-order valence-corrected chi connectivity index (χ0v) is 17.4. The molecule has 0 unspecified atom stereocenters. The minimum atomic E-state index is -3.87. The first kappa shape index (κ1) is 20.9. The molecule has 2 aromatic carbocycles. The van der Waals surface area contributed by atoms with Crippen LogP contribution in [0.3, 0.4) is 0 Å². The number of fused-ring (bicyclic) bond motifs is 1. The molecule has 4 rings (SSSR count). The number of anilines is 1. The molecule has 1 aromatic heterocycles. The molecule has 0 spiro atoms. The molecule has 9 nitrogen and oxygen atoms in total. The van der Waals surface area contributed by atoms with Crippen molar-refractivity contribution in [2.45, 2.75) is 24.8 Å². The lowest BCUT2D eigenvalue weighted by molar-refractivity contribution is -0.121. The average molecular weight is 446 g/mol. The van der Waals surface area contributed by atoms with Gasteiger partial charge in [-0.3, -0.25) is 4.79 Å². The first-order chi connectivity index (χ1) is 14.9. The molecule has 0 saturated carbocycles. The quantitative estimate of drug-likeness (QED) is 0.593. The van der Waals surface area contributed by atoms with E-state index in [9.17, 15) is 17.6 Å². The molecule has 31 heavy (non-hydrogen) atoms. The lowest BCUT2D eigenvalue weighted by Crippen LogP contribution is -2.39. The van der Waals surface area contributed by atoms with Gasteiger partial charge in [-0.15, -0.1) is 0 Å². The van der Waals surface area contributed by atoms with Crippen LogP contribution in [0.25, 0.3) is 11.4 Å². The molecule has 0 saturated heterocycles. The van der Waals surface area contributed by atoms with Crippen molar-refractivity contribution in [3.8, 4) is 17.1 Å². The Morgan fingerprint density at radius 1 is 1.19 bits per heavy atom. The molecule has 1 aliphatic heterocycles. The third-order valence-electron chi connectivity index (χ3n) is 4.61. The third kappa shape index (κ3) is 4.42. The Morgan fingerprint density at radius 2 is 1.97 bits per heavy atom. The molecule has 1 amide bonds. The van der Waals surface area contributed by atoms with Gasteiger partial charge in [-0.25, -0.2) is 17.5 Å². The Balaban J connectivity index is 1.51. The Bertz CT molecular complexity index is 1210. The van der Waals surface area contributed by atoms with E-state index in [1.807, 2.05) is 6.92 Å². The van der Waals surface area contributed by atoms with Crippen molar-refractivity contribution in [2.75, 3.05) is 18.1 Å². The summed E-state index contributed by atoms with van der Waals surface area (Å²) >= 11 is 0. The van der Waals surface area contributed by atoms with Crippen LogP contribution in [0.1, 0.15) is 19.2 Å². The van der Waals surface area contributed by atoms with Crippen LogP contribution in [0.4, 0.5) is 10.1 Å². The maximum atomic E-state index is 13.0. The van der Waals surface area contributed by atoms with Crippen LogP contribution >= 0.6 is 0 Å². The normalized spacial score (nSPS) is 13.7. The van der Waals surface area contributed by atoms with Crippen LogP contribution in [-0.4, -0.2) is 37.6 Å². The van der Waals surface area contributed by atoms with Crippen molar-refractivity contribution in [3.05, 3.63) is 54.2 Å². The van der Waals surface area contributed by atoms with Gasteiger partial charge >= 0.3 is 0 Å². The molecule has 1 N–H and O–H groups in total. The van der Waals surface area contributed by atoms with Gasteiger partial charge in [0, 0.05) is 12.1 Å². The second-order valence-corrected chi connectivity index (χ2v) is 8.57. The summed E-state index contributed by atoms with van der Waals surface area (Å²) < 4.78 is 50.6. The number of carbonyl (C=O) groups excluding carboxylic acids is 1. The van der Waals surface area contributed by atoms with E-state index in [-0.39, 0.29) is 35.7 Å². The van der Waals surface area contributed by atoms with E-state index in [1.165, 1.54) is 0 Å². The van der Waals surface area contributed by atoms with Gasteiger partial charge in [-0.05, 0) is 48.9 Å². The number of hydrogen-bond donors (Lipinski definition) is 1. The first-order valence-electron chi connectivity index (χ1n) is 9.53. The van der Waals surface area contributed by atoms with E-state index in [1.54, 1.807) is 23.1 Å². The van der Waals surface area contributed by atoms with Crippen molar-refractivity contribution in [2.24, 2.45) is 0 Å². The fourth-order valence-electron chi connectivity index (χ4n) is 3.11. The number of benzene rings is 2. The summed E-state index contributed by atoms with van der Waals surface area (Å²) in [6, 6.07) is 9.64. The molecule has 0 aliphatic carbocycles. The number of nitrogens with one attached hydrogen (secondary N) is 1. The summed E-state index contributed by atoms with van der Waals surface area (Å²) in [7, 11) is -3.87. The minimum Gasteiger partial charge on any atom is -0.482 e. The molecule has 0 radical (unpaired) electrons. The highest BCUT2D eigenvalue weighted by Crippen LogP contribution is 2.35. The van der Waals surface area contributed by atoms with Crippen LogP contribution in [0.5, 0.6) is 5.75 Å². The fraction of sp³-hybridized carbons (Fsp3) is 0.250. The van der Waals surface area contributed by atoms with Gasteiger partial charge in [0.2, 0.25) is 21.7 Å². The van der Waals surface area contributed by atoms with Crippen molar-refractivity contribution in [3.63, 3.8) is 0 Å². The average Bonchev–Trinajstić information content (AvgIpc) is 3.24. The topological polar surface area (TPSA) is 115 Å². The summed E-state index contributed by atoms with van der Waals surface area (Å²) in [6.07, 6.45) is 0.788. The second-order valence-electron chi connectivity index (χ2n) is 6.81. The standard InChI is InChI=1S/C20H19FN4O5S/c1-2-9-25-16-10-13(3-8-17(16)29-12-19(25)26)20-23-18(30-24-20)11-22-31(27,28)15-6-4-14(21)5-7-15/h3-8,10,22H,2,9,11-12H2,1H3. The van der Waals surface area contributed by atoms with Gasteiger partial charge < -0.3 is 14.2 Å². The zero-order valence-electron chi connectivity index (χ0n) is 16.5. The van der Waals surface area contributed by atoms with Crippen LogP contribution in [0.15, 0.2) is 51.9 Å². The van der Waals surface area contributed by atoms with Crippen molar-refractivity contribution in [1.29, 1.82) is 0 Å². The molecule has 1 aliphatic rings. The van der Waals surface area contributed by atoms with Gasteiger partial charge in [-0.2, -0.15) is 4.98 Å². The monoisotopic (exact) mass is 446 g/mol. The molecule has 11 heteroatoms. The highest BCUT2D eigenvalue weighted by molar-refractivity contribution is 7.89. The third-order valence-corrected chi connectivity index (χ3v) is 6.03. The molecular formula is C20H19FN4O5S. The Morgan fingerprint density at radius 3 is 2.71 bits per heavy atom. The molecule has 0 bridgehead atoms. The van der Waals surface area contributed by atoms with E-state index in [0.717, 1.165) is 30.7 Å². The lowest BCUT2D eigenvalue weighted by atomic mass is 10.1.